The molecule has 2 heterocycles. The maximum atomic E-state index is 13.8. The highest BCUT2D eigenvalue weighted by molar-refractivity contribution is 6.16. The zero-order valence-corrected chi connectivity index (χ0v) is 20.3. The molecule has 196 valence electrons. The van der Waals surface area contributed by atoms with Crippen LogP contribution in [0.15, 0.2) is 64.7 Å². The number of nitrogens with one attached hydrogen (secondary N) is 2. The van der Waals surface area contributed by atoms with Crippen LogP contribution in [0.2, 0.25) is 0 Å². The van der Waals surface area contributed by atoms with Gasteiger partial charge in [-0.05, 0) is 48.0 Å². The smallest absolute Gasteiger partial charge is 0.373 e. The average Bonchev–Trinajstić information content (AvgIpc) is 3.49. The summed E-state index contributed by atoms with van der Waals surface area (Å²) in [4.78, 5) is 49.6. The van der Waals surface area contributed by atoms with Crippen molar-refractivity contribution in [1.29, 1.82) is 0 Å². The second-order valence-corrected chi connectivity index (χ2v) is 7.86. The molecule has 0 unspecified atom stereocenters. The highest BCUT2D eigenvalue weighted by Gasteiger charge is 2.35. The molecule has 38 heavy (non-hydrogen) atoms. The Kier molecular flexibility index (Phi) is 7.71. The summed E-state index contributed by atoms with van der Waals surface area (Å²) >= 11 is 0. The molecule has 2 N–H and O–H groups in total. The number of ether oxygens (including phenoxy) is 3. The third kappa shape index (κ3) is 5.81. The Morgan fingerprint density at radius 1 is 1.08 bits per heavy atom. The quantitative estimate of drug-likeness (QED) is 0.248. The molecule has 2 aromatic carbocycles. The molecular formula is C26H22FN3O8. The molecule has 0 aliphatic carbocycles. The van der Waals surface area contributed by atoms with E-state index in [4.69, 9.17) is 13.9 Å². The predicted molar refractivity (Wildman–Crippen MR) is 131 cm³/mol. The van der Waals surface area contributed by atoms with Gasteiger partial charge >= 0.3 is 12.0 Å². The van der Waals surface area contributed by atoms with Gasteiger partial charge in [-0.25, -0.2) is 18.9 Å². The van der Waals surface area contributed by atoms with Gasteiger partial charge in [-0.1, -0.05) is 18.2 Å². The number of methoxy groups -OCH3 is 2. The van der Waals surface area contributed by atoms with Crippen LogP contribution >= 0.6 is 0 Å². The summed E-state index contributed by atoms with van der Waals surface area (Å²) in [6, 6.07) is 12.6. The van der Waals surface area contributed by atoms with E-state index in [1.165, 1.54) is 50.6 Å². The van der Waals surface area contributed by atoms with Crippen LogP contribution in [0.5, 0.6) is 11.5 Å². The molecule has 4 rings (SSSR count). The Hall–Kier alpha value is -5.13. The lowest BCUT2D eigenvalue weighted by atomic mass is 10.1. The number of halogens is 1. The van der Waals surface area contributed by atoms with Crippen LogP contribution in [0.3, 0.4) is 0 Å². The summed E-state index contributed by atoms with van der Waals surface area (Å²) in [7, 11) is 2.68. The largest absolute Gasteiger partial charge is 0.493 e. The van der Waals surface area contributed by atoms with Crippen molar-refractivity contribution in [2.45, 2.75) is 6.61 Å². The number of amides is 4. The third-order valence-electron chi connectivity index (χ3n) is 5.33. The number of carbonyl (C=O) groups is 4. The molecule has 0 spiro atoms. The standard InChI is InChI=1S/C26H22FN3O8/c1-35-22-12-15(7-9-20(22)37-14-16-8-10-21(38-16)25(33)36-2)11-19-24(32)30(26(34)29-19)13-23(31)28-18-6-4-3-5-17(18)27/h3-12H,13-14H2,1-2H3,(H,28,31)(H,29,34)/b19-11+. The van der Waals surface area contributed by atoms with E-state index in [9.17, 15) is 23.6 Å². The molecule has 1 fully saturated rings. The van der Waals surface area contributed by atoms with Crippen molar-refractivity contribution in [1.82, 2.24) is 10.2 Å². The Balaban J connectivity index is 1.41. The number of anilines is 1. The molecule has 12 heteroatoms. The van der Waals surface area contributed by atoms with E-state index in [1.807, 2.05) is 0 Å². The second-order valence-electron chi connectivity index (χ2n) is 7.86. The number of hydrogen-bond donors (Lipinski definition) is 2. The molecule has 0 saturated carbocycles. The van der Waals surface area contributed by atoms with Crippen molar-refractivity contribution >= 4 is 35.6 Å². The number of rotatable bonds is 9. The normalized spacial score (nSPS) is 13.9. The monoisotopic (exact) mass is 523 g/mol. The number of hydrogen-bond acceptors (Lipinski definition) is 8. The van der Waals surface area contributed by atoms with Gasteiger partial charge in [0.25, 0.3) is 5.91 Å². The van der Waals surface area contributed by atoms with Gasteiger partial charge in [0.15, 0.2) is 11.5 Å². The zero-order chi connectivity index (χ0) is 27.2. The Labute approximate surface area is 215 Å². The fraction of sp³-hybridized carbons (Fsp3) is 0.154. The van der Waals surface area contributed by atoms with E-state index < -0.39 is 36.2 Å². The van der Waals surface area contributed by atoms with E-state index in [0.29, 0.717) is 27.7 Å². The first kappa shape index (κ1) is 25.9. The third-order valence-corrected chi connectivity index (χ3v) is 5.33. The highest BCUT2D eigenvalue weighted by Crippen LogP contribution is 2.30. The molecule has 3 aromatic rings. The van der Waals surface area contributed by atoms with Crippen molar-refractivity contribution < 1.29 is 42.2 Å². The lowest BCUT2D eigenvalue weighted by Crippen LogP contribution is -2.38. The van der Waals surface area contributed by atoms with E-state index in [0.717, 1.165) is 0 Å². The minimum atomic E-state index is -0.790. The van der Waals surface area contributed by atoms with Crippen molar-refractivity contribution in [2.24, 2.45) is 0 Å². The number of furan rings is 1. The summed E-state index contributed by atoms with van der Waals surface area (Å²) in [5, 5.41) is 4.75. The van der Waals surface area contributed by atoms with Crippen molar-refractivity contribution in [3.63, 3.8) is 0 Å². The molecule has 1 aliphatic heterocycles. The van der Waals surface area contributed by atoms with Gasteiger partial charge < -0.3 is 29.3 Å². The number of para-hydroxylation sites is 1. The van der Waals surface area contributed by atoms with Crippen LogP contribution in [0, 0.1) is 5.82 Å². The number of carbonyl (C=O) groups excluding carboxylic acids is 4. The van der Waals surface area contributed by atoms with Crippen LogP contribution < -0.4 is 20.1 Å². The van der Waals surface area contributed by atoms with Gasteiger partial charge in [0, 0.05) is 0 Å². The van der Waals surface area contributed by atoms with Crippen LogP contribution in [-0.4, -0.2) is 49.5 Å². The van der Waals surface area contributed by atoms with Gasteiger partial charge in [0.1, 0.15) is 30.4 Å². The van der Waals surface area contributed by atoms with Gasteiger partial charge in [-0.3, -0.25) is 9.59 Å². The molecule has 4 amide bonds. The number of imide groups is 1. The van der Waals surface area contributed by atoms with Gasteiger partial charge in [0.05, 0.1) is 19.9 Å². The van der Waals surface area contributed by atoms with Gasteiger partial charge in [-0.2, -0.15) is 0 Å². The first-order chi connectivity index (χ1) is 18.3. The highest BCUT2D eigenvalue weighted by atomic mass is 19.1. The minimum absolute atomic E-state index is 0.00619. The lowest BCUT2D eigenvalue weighted by molar-refractivity contribution is -0.127. The zero-order valence-electron chi connectivity index (χ0n) is 20.3. The second kappa shape index (κ2) is 11.3. The van der Waals surface area contributed by atoms with Crippen LogP contribution in [-0.2, 0) is 20.9 Å². The Morgan fingerprint density at radius 3 is 2.61 bits per heavy atom. The van der Waals surface area contributed by atoms with Crippen LogP contribution in [0.25, 0.3) is 6.08 Å². The molecule has 11 nitrogen and oxygen atoms in total. The number of benzene rings is 2. The van der Waals surface area contributed by atoms with Crippen molar-refractivity contribution in [3.8, 4) is 11.5 Å². The maximum Gasteiger partial charge on any atom is 0.373 e. The minimum Gasteiger partial charge on any atom is -0.493 e. The summed E-state index contributed by atoms with van der Waals surface area (Å²) in [5.74, 6) is -1.59. The van der Waals surface area contributed by atoms with Crippen molar-refractivity contribution in [3.05, 3.63) is 83.2 Å². The first-order valence-corrected chi connectivity index (χ1v) is 11.2. The number of nitrogens with zero attached hydrogens (tertiary/aromatic N) is 1. The molecular weight excluding hydrogens is 501 g/mol. The lowest BCUT2D eigenvalue weighted by Gasteiger charge is -2.12. The Bertz CT molecular complexity index is 1430. The SMILES string of the molecule is COC(=O)c1ccc(COc2ccc(/C=C3/NC(=O)N(CC(=O)Nc4ccccc4F)C3=O)cc2OC)o1. The number of urea groups is 1. The summed E-state index contributed by atoms with van der Waals surface area (Å²) < 4.78 is 34.8. The average molecular weight is 523 g/mol. The van der Waals surface area contributed by atoms with E-state index >= 15 is 0 Å². The molecule has 1 aromatic heterocycles. The summed E-state index contributed by atoms with van der Waals surface area (Å²) in [6.45, 7) is -0.594. The maximum absolute atomic E-state index is 13.8. The number of esters is 1. The van der Waals surface area contributed by atoms with E-state index in [1.54, 1.807) is 24.3 Å². The van der Waals surface area contributed by atoms with E-state index in [-0.39, 0.29) is 23.8 Å². The molecule has 1 saturated heterocycles. The fourth-order valence-corrected chi connectivity index (χ4v) is 3.49. The molecule has 0 radical (unpaired) electrons. The van der Waals surface area contributed by atoms with Crippen LogP contribution in [0.4, 0.5) is 14.9 Å². The molecule has 1 aliphatic rings. The summed E-state index contributed by atoms with van der Waals surface area (Å²) in [5.41, 5.74) is 0.377. The Morgan fingerprint density at radius 2 is 1.87 bits per heavy atom. The fourth-order valence-electron chi connectivity index (χ4n) is 3.49. The van der Waals surface area contributed by atoms with Crippen LogP contribution in [0.1, 0.15) is 21.9 Å². The molecule has 0 bridgehead atoms. The van der Waals surface area contributed by atoms with Crippen molar-refractivity contribution in [2.75, 3.05) is 26.1 Å². The summed E-state index contributed by atoms with van der Waals surface area (Å²) in [6.07, 6.45) is 1.41. The van der Waals surface area contributed by atoms with E-state index in [2.05, 4.69) is 15.4 Å². The van der Waals surface area contributed by atoms with Gasteiger partial charge in [0.2, 0.25) is 11.7 Å². The molecule has 0 atom stereocenters. The topological polar surface area (TPSA) is 136 Å². The van der Waals surface area contributed by atoms with Gasteiger partial charge in [-0.15, -0.1) is 0 Å². The predicted octanol–water partition coefficient (Wildman–Crippen LogP) is 3.32. The first-order valence-electron chi connectivity index (χ1n) is 11.2.